The van der Waals surface area contributed by atoms with Crippen LogP contribution in [-0.2, 0) is 4.74 Å². The number of methoxy groups -OCH3 is 1. The maximum absolute atomic E-state index is 5.43. The van der Waals surface area contributed by atoms with Gasteiger partial charge in [-0.2, -0.15) is 15.0 Å². The van der Waals surface area contributed by atoms with Crippen LogP contribution in [0, 0.1) is 0 Å². The Hall–Kier alpha value is -1.67. The van der Waals surface area contributed by atoms with E-state index in [9.17, 15) is 0 Å². The molecule has 3 N–H and O–H groups in total. The number of aromatic nitrogens is 3. The van der Waals surface area contributed by atoms with Crippen molar-refractivity contribution in [3.8, 4) is 0 Å². The largest absolute Gasteiger partial charge is 0.383 e. The Morgan fingerprint density at radius 2 is 1.90 bits per heavy atom. The minimum absolute atomic E-state index is 0.299. The number of nitrogen functional groups attached to an aromatic ring is 1. The van der Waals surface area contributed by atoms with Gasteiger partial charge in [0.1, 0.15) is 0 Å². The third kappa shape index (κ3) is 4.17. The fraction of sp³-hybridized carbons (Fsp3) is 0.750. The van der Waals surface area contributed by atoms with Crippen molar-refractivity contribution in [1.82, 2.24) is 15.0 Å². The molecule has 20 heavy (non-hydrogen) atoms. The molecule has 0 saturated carbocycles. The van der Waals surface area contributed by atoms with Crippen LogP contribution in [0.4, 0.5) is 17.8 Å². The molecule has 1 aromatic heterocycles. The molecule has 1 heterocycles. The number of nitrogens with one attached hydrogen (secondary N) is 1. The maximum Gasteiger partial charge on any atom is 0.243 e. The number of hydrazine groups is 1. The van der Waals surface area contributed by atoms with E-state index in [1.165, 1.54) is 0 Å². The van der Waals surface area contributed by atoms with Crippen molar-refractivity contribution >= 4 is 17.8 Å². The van der Waals surface area contributed by atoms with Crippen LogP contribution in [0.5, 0.6) is 0 Å². The highest BCUT2D eigenvalue weighted by Crippen LogP contribution is 2.18. The molecule has 0 aromatic carbocycles. The van der Waals surface area contributed by atoms with Crippen molar-refractivity contribution < 1.29 is 4.74 Å². The van der Waals surface area contributed by atoms with Gasteiger partial charge >= 0.3 is 0 Å². The second-order valence-electron chi connectivity index (χ2n) is 4.74. The van der Waals surface area contributed by atoms with Crippen molar-refractivity contribution in [2.24, 2.45) is 5.84 Å². The molecule has 0 saturated heterocycles. The van der Waals surface area contributed by atoms with E-state index in [4.69, 9.17) is 10.6 Å². The Kier molecular flexibility index (Phi) is 6.40. The van der Waals surface area contributed by atoms with Gasteiger partial charge in [-0.3, -0.25) is 5.43 Å². The molecule has 8 heteroatoms. The highest BCUT2D eigenvalue weighted by atomic mass is 16.5. The Morgan fingerprint density at radius 1 is 1.25 bits per heavy atom. The average molecular weight is 283 g/mol. The molecular formula is C12H25N7O. The van der Waals surface area contributed by atoms with Gasteiger partial charge in [-0.05, 0) is 13.3 Å². The molecule has 0 aliphatic carbocycles. The van der Waals surface area contributed by atoms with Gasteiger partial charge in [-0.1, -0.05) is 6.92 Å². The van der Waals surface area contributed by atoms with E-state index in [1.807, 2.05) is 19.0 Å². The standard InChI is InChI=1S/C12H25N7O/c1-6-9(2)19(7-8-20-5)12-15-10(17-13)14-11(16-12)18(3)4/h9H,6-8,13H2,1-5H3,(H,14,15,16,17). The number of rotatable bonds is 8. The molecule has 1 atom stereocenters. The highest BCUT2D eigenvalue weighted by molar-refractivity contribution is 5.44. The third-order valence-corrected chi connectivity index (χ3v) is 3.06. The number of hydrogen-bond donors (Lipinski definition) is 2. The lowest BCUT2D eigenvalue weighted by molar-refractivity contribution is 0.203. The molecule has 1 rings (SSSR count). The minimum Gasteiger partial charge on any atom is -0.383 e. The number of anilines is 3. The smallest absolute Gasteiger partial charge is 0.243 e. The topological polar surface area (TPSA) is 92.4 Å². The van der Waals surface area contributed by atoms with Crippen LogP contribution >= 0.6 is 0 Å². The summed E-state index contributed by atoms with van der Waals surface area (Å²) in [6.45, 7) is 5.58. The summed E-state index contributed by atoms with van der Waals surface area (Å²) in [4.78, 5) is 16.9. The van der Waals surface area contributed by atoms with E-state index in [2.05, 4.69) is 39.1 Å². The fourth-order valence-electron chi connectivity index (χ4n) is 1.67. The molecule has 114 valence electrons. The average Bonchev–Trinajstić information content (AvgIpc) is 2.46. The lowest BCUT2D eigenvalue weighted by Crippen LogP contribution is -2.37. The van der Waals surface area contributed by atoms with Crippen LogP contribution < -0.4 is 21.1 Å². The molecule has 0 spiro atoms. The van der Waals surface area contributed by atoms with E-state index in [1.54, 1.807) is 7.11 Å². The molecule has 8 nitrogen and oxygen atoms in total. The summed E-state index contributed by atoms with van der Waals surface area (Å²) in [7, 11) is 5.44. The molecule has 0 amide bonds. The van der Waals surface area contributed by atoms with Gasteiger partial charge in [0.05, 0.1) is 6.61 Å². The minimum atomic E-state index is 0.299. The maximum atomic E-state index is 5.43. The van der Waals surface area contributed by atoms with Crippen LogP contribution in [-0.4, -0.2) is 55.4 Å². The molecule has 0 aliphatic heterocycles. The zero-order chi connectivity index (χ0) is 15.1. The fourth-order valence-corrected chi connectivity index (χ4v) is 1.67. The van der Waals surface area contributed by atoms with E-state index >= 15 is 0 Å². The monoisotopic (exact) mass is 283 g/mol. The third-order valence-electron chi connectivity index (χ3n) is 3.06. The Labute approximate surface area is 120 Å². The van der Waals surface area contributed by atoms with E-state index in [0.29, 0.717) is 37.0 Å². The zero-order valence-electron chi connectivity index (χ0n) is 12.9. The van der Waals surface area contributed by atoms with Crippen molar-refractivity contribution in [3.63, 3.8) is 0 Å². The molecule has 0 fully saturated rings. The van der Waals surface area contributed by atoms with Crippen LogP contribution in [0.25, 0.3) is 0 Å². The lowest BCUT2D eigenvalue weighted by Gasteiger charge is -2.29. The van der Waals surface area contributed by atoms with E-state index in [0.717, 1.165) is 6.42 Å². The van der Waals surface area contributed by atoms with Gasteiger partial charge < -0.3 is 14.5 Å². The van der Waals surface area contributed by atoms with Crippen LogP contribution in [0.15, 0.2) is 0 Å². The summed E-state index contributed by atoms with van der Waals surface area (Å²) in [5.74, 6) is 6.95. The van der Waals surface area contributed by atoms with Crippen molar-refractivity contribution in [2.45, 2.75) is 26.3 Å². The highest BCUT2D eigenvalue weighted by Gasteiger charge is 2.18. The van der Waals surface area contributed by atoms with Crippen molar-refractivity contribution in [2.75, 3.05) is 49.6 Å². The summed E-state index contributed by atoms with van der Waals surface area (Å²) < 4.78 is 5.16. The zero-order valence-corrected chi connectivity index (χ0v) is 12.9. The molecule has 0 bridgehead atoms. The predicted octanol–water partition coefficient (Wildman–Crippen LogP) is 0.475. The van der Waals surface area contributed by atoms with Gasteiger partial charge in [0.25, 0.3) is 0 Å². The van der Waals surface area contributed by atoms with Gasteiger partial charge in [0, 0.05) is 33.8 Å². The first-order chi connectivity index (χ1) is 9.53. The Morgan fingerprint density at radius 3 is 2.40 bits per heavy atom. The number of nitrogens with two attached hydrogens (primary N) is 1. The van der Waals surface area contributed by atoms with Crippen LogP contribution in [0.2, 0.25) is 0 Å². The SMILES string of the molecule is CCC(C)N(CCOC)c1nc(NN)nc(N(C)C)n1. The second kappa shape index (κ2) is 7.81. The first-order valence-electron chi connectivity index (χ1n) is 6.69. The predicted molar refractivity (Wildman–Crippen MR) is 80.9 cm³/mol. The summed E-state index contributed by atoms with van der Waals surface area (Å²) in [5.41, 5.74) is 2.48. The molecule has 1 unspecified atom stereocenters. The van der Waals surface area contributed by atoms with E-state index < -0.39 is 0 Å². The summed E-state index contributed by atoms with van der Waals surface area (Å²) >= 11 is 0. The number of ether oxygens (including phenoxy) is 1. The van der Waals surface area contributed by atoms with Crippen LogP contribution in [0.3, 0.4) is 0 Å². The van der Waals surface area contributed by atoms with Gasteiger partial charge in [-0.25, -0.2) is 5.84 Å². The summed E-state index contributed by atoms with van der Waals surface area (Å²) in [6, 6.07) is 0.299. The molecule has 1 aromatic rings. The molecule has 0 aliphatic rings. The first-order valence-corrected chi connectivity index (χ1v) is 6.69. The van der Waals surface area contributed by atoms with Crippen molar-refractivity contribution in [1.29, 1.82) is 0 Å². The van der Waals surface area contributed by atoms with E-state index in [-0.39, 0.29) is 0 Å². The normalized spacial score (nSPS) is 12.1. The van der Waals surface area contributed by atoms with Gasteiger partial charge in [-0.15, -0.1) is 0 Å². The Balaban J connectivity index is 3.13. The second-order valence-corrected chi connectivity index (χ2v) is 4.74. The van der Waals surface area contributed by atoms with Crippen molar-refractivity contribution in [3.05, 3.63) is 0 Å². The summed E-state index contributed by atoms with van der Waals surface area (Å²) in [5, 5.41) is 0. The lowest BCUT2D eigenvalue weighted by atomic mass is 10.2. The number of hydrogen-bond acceptors (Lipinski definition) is 8. The quantitative estimate of drug-likeness (QED) is 0.525. The molecule has 0 radical (unpaired) electrons. The number of nitrogens with zero attached hydrogens (tertiary/aromatic N) is 5. The first kappa shape index (κ1) is 16.4. The van der Waals surface area contributed by atoms with Crippen LogP contribution in [0.1, 0.15) is 20.3 Å². The van der Waals surface area contributed by atoms with Gasteiger partial charge in [0.2, 0.25) is 17.8 Å². The Bertz CT molecular complexity index is 413. The molecular weight excluding hydrogens is 258 g/mol. The van der Waals surface area contributed by atoms with Gasteiger partial charge in [0.15, 0.2) is 0 Å². The summed E-state index contributed by atoms with van der Waals surface area (Å²) in [6.07, 6.45) is 0.984.